The van der Waals surface area contributed by atoms with Crippen molar-refractivity contribution in [3.63, 3.8) is 0 Å². The minimum Gasteiger partial charge on any atom is -0.326 e. The van der Waals surface area contributed by atoms with Gasteiger partial charge in [-0.2, -0.15) is 5.10 Å². The molecule has 66 valence electrons. The zero-order valence-corrected chi connectivity index (χ0v) is 7.99. The van der Waals surface area contributed by atoms with Gasteiger partial charge in [0.25, 0.3) is 0 Å². The molecule has 0 aromatic carbocycles. The van der Waals surface area contributed by atoms with E-state index in [2.05, 4.69) is 5.10 Å². The van der Waals surface area contributed by atoms with E-state index < -0.39 is 0 Å². The van der Waals surface area contributed by atoms with Gasteiger partial charge in [0.1, 0.15) is 0 Å². The van der Waals surface area contributed by atoms with E-state index in [1.165, 1.54) is 0 Å². The lowest BCUT2D eigenvalue weighted by Gasteiger charge is -1.89. The highest BCUT2D eigenvalue weighted by atomic mass is 35.5. The molecule has 0 aliphatic heterocycles. The highest BCUT2D eigenvalue weighted by Gasteiger charge is 1.91. The molecule has 0 bridgehead atoms. The minimum atomic E-state index is 0. The molecule has 0 aliphatic carbocycles. The van der Waals surface area contributed by atoms with Crippen LogP contribution in [-0.4, -0.2) is 9.78 Å². The molecule has 1 rings (SSSR count). The maximum absolute atomic E-state index is 5.36. The molecule has 1 aromatic rings. The van der Waals surface area contributed by atoms with E-state index in [0.29, 0.717) is 6.54 Å². The van der Waals surface area contributed by atoms with E-state index >= 15 is 0 Å². The van der Waals surface area contributed by atoms with E-state index in [-0.39, 0.29) is 24.8 Å². The summed E-state index contributed by atoms with van der Waals surface area (Å²) in [4.78, 5) is 0. The normalized spacial score (nSPS) is 8.18. The maximum atomic E-state index is 5.36. The number of aromatic nitrogens is 2. The smallest absolute Gasteiger partial charge is 0.0534 e. The molecule has 0 fully saturated rings. The van der Waals surface area contributed by atoms with Crippen LogP contribution >= 0.6 is 24.8 Å². The van der Waals surface area contributed by atoms with E-state index in [0.717, 1.165) is 12.1 Å². The topological polar surface area (TPSA) is 43.8 Å². The van der Waals surface area contributed by atoms with Crippen LogP contribution in [0.25, 0.3) is 0 Å². The van der Waals surface area contributed by atoms with Gasteiger partial charge in [0.2, 0.25) is 0 Å². The summed E-state index contributed by atoms with van der Waals surface area (Å²) in [5, 5.41) is 4.04. The molecule has 0 saturated carbocycles. The predicted molar refractivity (Wildman–Crippen MR) is 50.3 cm³/mol. The van der Waals surface area contributed by atoms with Gasteiger partial charge < -0.3 is 5.73 Å². The van der Waals surface area contributed by atoms with Crippen LogP contribution in [0.15, 0.2) is 12.4 Å². The Labute approximate surface area is 78.8 Å². The van der Waals surface area contributed by atoms with Gasteiger partial charge in [0, 0.05) is 24.8 Å². The molecule has 0 atom stereocenters. The van der Waals surface area contributed by atoms with Crippen molar-refractivity contribution < 1.29 is 0 Å². The van der Waals surface area contributed by atoms with Gasteiger partial charge in [-0.3, -0.25) is 4.68 Å². The van der Waals surface area contributed by atoms with Gasteiger partial charge >= 0.3 is 0 Å². The van der Waals surface area contributed by atoms with Crippen molar-refractivity contribution in [2.45, 2.75) is 20.0 Å². The van der Waals surface area contributed by atoms with Crippen LogP contribution in [0.5, 0.6) is 0 Å². The fourth-order valence-electron chi connectivity index (χ4n) is 0.685. The lowest BCUT2D eigenvalue weighted by molar-refractivity contribution is 0.659. The van der Waals surface area contributed by atoms with Gasteiger partial charge in [-0.05, 0) is 6.92 Å². The Hall–Kier alpha value is -0.250. The van der Waals surface area contributed by atoms with Crippen LogP contribution in [0.3, 0.4) is 0 Å². The number of nitrogens with zero attached hydrogens (tertiary/aromatic N) is 2. The predicted octanol–water partition coefficient (Wildman–Crippen LogP) is 1.21. The monoisotopic (exact) mass is 197 g/mol. The van der Waals surface area contributed by atoms with Crippen molar-refractivity contribution in [2.24, 2.45) is 5.73 Å². The van der Waals surface area contributed by atoms with Crippen molar-refractivity contribution in [2.75, 3.05) is 0 Å². The Kier molecular flexibility index (Phi) is 7.84. The Morgan fingerprint density at radius 1 is 1.55 bits per heavy atom. The highest BCUT2D eigenvalue weighted by molar-refractivity contribution is 5.85. The van der Waals surface area contributed by atoms with Gasteiger partial charge in [0.05, 0.1) is 6.20 Å². The zero-order valence-electron chi connectivity index (χ0n) is 6.36. The highest BCUT2D eigenvalue weighted by Crippen LogP contribution is 1.93. The summed E-state index contributed by atoms with van der Waals surface area (Å²) in [5.74, 6) is 0. The quantitative estimate of drug-likeness (QED) is 0.775. The Bertz CT molecular complexity index is 169. The lowest BCUT2D eigenvalue weighted by Crippen LogP contribution is -1.95. The molecular formula is C6H13Cl2N3. The van der Waals surface area contributed by atoms with Crippen LogP contribution in [0.2, 0.25) is 0 Å². The average molecular weight is 198 g/mol. The third-order valence-corrected chi connectivity index (χ3v) is 1.25. The molecule has 11 heavy (non-hydrogen) atoms. The molecule has 0 radical (unpaired) electrons. The van der Waals surface area contributed by atoms with Crippen molar-refractivity contribution in [3.05, 3.63) is 18.0 Å². The fraction of sp³-hybridized carbons (Fsp3) is 0.500. The first-order valence-corrected chi connectivity index (χ1v) is 3.08. The first-order valence-electron chi connectivity index (χ1n) is 3.08. The van der Waals surface area contributed by atoms with Gasteiger partial charge in [0.15, 0.2) is 0 Å². The van der Waals surface area contributed by atoms with Crippen molar-refractivity contribution in [1.29, 1.82) is 0 Å². The number of hydrogen-bond donors (Lipinski definition) is 1. The molecule has 0 saturated heterocycles. The van der Waals surface area contributed by atoms with Crippen LogP contribution < -0.4 is 5.73 Å². The summed E-state index contributed by atoms with van der Waals surface area (Å²) in [6, 6.07) is 0. The standard InChI is InChI=1S/C6H11N3.2ClH/c1-2-9-5-6(3-7)4-8-9;;/h4-5H,2-3,7H2,1H3;2*1H. The number of hydrogen-bond acceptors (Lipinski definition) is 2. The Morgan fingerprint density at radius 2 is 2.18 bits per heavy atom. The first-order chi connectivity index (χ1) is 4.36. The molecule has 2 N–H and O–H groups in total. The third-order valence-electron chi connectivity index (χ3n) is 1.25. The molecule has 1 heterocycles. The zero-order chi connectivity index (χ0) is 6.69. The third kappa shape index (κ3) is 3.60. The summed E-state index contributed by atoms with van der Waals surface area (Å²) in [6.07, 6.45) is 3.75. The maximum Gasteiger partial charge on any atom is 0.0534 e. The second-order valence-corrected chi connectivity index (χ2v) is 1.91. The first kappa shape index (κ1) is 13.3. The van der Waals surface area contributed by atoms with E-state index in [1.54, 1.807) is 6.20 Å². The van der Waals surface area contributed by atoms with E-state index in [4.69, 9.17) is 5.73 Å². The Morgan fingerprint density at radius 3 is 2.45 bits per heavy atom. The van der Waals surface area contributed by atoms with Gasteiger partial charge in [-0.15, -0.1) is 24.8 Å². The van der Waals surface area contributed by atoms with Crippen molar-refractivity contribution in [1.82, 2.24) is 9.78 Å². The number of halogens is 2. The second kappa shape index (κ2) is 6.46. The largest absolute Gasteiger partial charge is 0.326 e. The Balaban J connectivity index is 0. The summed E-state index contributed by atoms with van der Waals surface area (Å²) < 4.78 is 1.86. The van der Waals surface area contributed by atoms with Gasteiger partial charge in [-0.1, -0.05) is 0 Å². The molecule has 1 aromatic heterocycles. The number of aryl methyl sites for hydroxylation is 1. The SMILES string of the molecule is CCn1cc(CN)cn1.Cl.Cl. The molecule has 0 amide bonds. The molecule has 3 nitrogen and oxygen atoms in total. The lowest BCUT2D eigenvalue weighted by atomic mass is 10.4. The molecule has 5 heteroatoms. The molecular weight excluding hydrogens is 185 g/mol. The minimum absolute atomic E-state index is 0. The second-order valence-electron chi connectivity index (χ2n) is 1.91. The van der Waals surface area contributed by atoms with Crippen LogP contribution in [0.4, 0.5) is 0 Å². The molecule has 0 spiro atoms. The average Bonchev–Trinajstić information content (AvgIpc) is 2.34. The van der Waals surface area contributed by atoms with E-state index in [1.807, 2.05) is 17.8 Å². The summed E-state index contributed by atoms with van der Waals surface area (Å²) in [7, 11) is 0. The van der Waals surface area contributed by atoms with Crippen LogP contribution in [-0.2, 0) is 13.1 Å². The van der Waals surface area contributed by atoms with Gasteiger partial charge in [-0.25, -0.2) is 0 Å². The van der Waals surface area contributed by atoms with Crippen molar-refractivity contribution in [3.8, 4) is 0 Å². The fourth-order valence-corrected chi connectivity index (χ4v) is 0.685. The van der Waals surface area contributed by atoms with E-state index in [9.17, 15) is 0 Å². The van der Waals surface area contributed by atoms with Crippen molar-refractivity contribution >= 4 is 24.8 Å². The summed E-state index contributed by atoms with van der Waals surface area (Å²) in [5.41, 5.74) is 6.46. The number of rotatable bonds is 2. The molecule has 0 unspecified atom stereocenters. The number of nitrogens with two attached hydrogens (primary N) is 1. The van der Waals surface area contributed by atoms with Crippen LogP contribution in [0, 0.1) is 0 Å². The summed E-state index contributed by atoms with van der Waals surface area (Å²) in [6.45, 7) is 3.55. The molecule has 0 aliphatic rings. The van der Waals surface area contributed by atoms with Crippen LogP contribution in [0.1, 0.15) is 12.5 Å². The summed E-state index contributed by atoms with van der Waals surface area (Å²) >= 11 is 0.